The van der Waals surface area contributed by atoms with Crippen molar-refractivity contribution in [2.75, 3.05) is 25.6 Å². The van der Waals surface area contributed by atoms with Gasteiger partial charge in [-0.2, -0.15) is 0 Å². The Bertz CT molecular complexity index is 1340. The van der Waals surface area contributed by atoms with Crippen LogP contribution in [0.15, 0.2) is 42.6 Å². The smallest absolute Gasteiger partial charge is 0.254 e. The minimum absolute atomic E-state index is 0.0919. The highest BCUT2D eigenvalue weighted by atomic mass is 35.5. The summed E-state index contributed by atoms with van der Waals surface area (Å²) in [6.45, 7) is 3.44. The molecule has 37 heavy (non-hydrogen) atoms. The Hall–Kier alpha value is -3.76. The molecule has 0 radical (unpaired) electrons. The van der Waals surface area contributed by atoms with E-state index in [-0.39, 0.29) is 37.2 Å². The van der Waals surface area contributed by atoms with Crippen LogP contribution in [0.3, 0.4) is 0 Å². The van der Waals surface area contributed by atoms with Crippen LogP contribution in [0, 0.1) is 5.82 Å². The van der Waals surface area contributed by atoms with Crippen LogP contribution in [0.4, 0.5) is 10.3 Å². The van der Waals surface area contributed by atoms with E-state index in [0.29, 0.717) is 33.5 Å². The highest BCUT2D eigenvalue weighted by Crippen LogP contribution is 2.31. The lowest BCUT2D eigenvalue weighted by Crippen LogP contribution is -2.38. The Labute approximate surface area is 218 Å². The second-order valence-corrected chi connectivity index (χ2v) is 9.24. The molecule has 2 atom stereocenters. The molecule has 0 bridgehead atoms. The van der Waals surface area contributed by atoms with Gasteiger partial charge < -0.3 is 25.4 Å². The number of aliphatic hydroxyl groups is 1. The summed E-state index contributed by atoms with van der Waals surface area (Å²) >= 11 is 6.33. The summed E-state index contributed by atoms with van der Waals surface area (Å²) in [5.41, 5.74) is 2.56. The largest absolute Gasteiger partial charge is 0.497 e. The first-order chi connectivity index (χ1) is 17.7. The van der Waals surface area contributed by atoms with Gasteiger partial charge in [0, 0.05) is 29.3 Å². The number of hydrogen-bond donors (Lipinski definition) is 3. The molecule has 11 heteroatoms. The molecule has 0 saturated heterocycles. The van der Waals surface area contributed by atoms with E-state index in [1.165, 1.54) is 36.4 Å². The zero-order valence-corrected chi connectivity index (χ0v) is 21.3. The van der Waals surface area contributed by atoms with Gasteiger partial charge in [-0.25, -0.2) is 14.4 Å². The number of carbonyl (C=O) groups is 2. The first kappa shape index (κ1) is 26.3. The van der Waals surface area contributed by atoms with Crippen LogP contribution in [-0.4, -0.2) is 58.1 Å². The number of carbonyl (C=O) groups excluding carboxylic acids is 2. The third-order valence-corrected chi connectivity index (χ3v) is 6.31. The lowest BCUT2D eigenvalue weighted by atomic mass is 10.0. The number of hydrogen-bond acceptors (Lipinski definition) is 7. The highest BCUT2D eigenvalue weighted by Gasteiger charge is 2.30. The lowest BCUT2D eigenvalue weighted by molar-refractivity contribution is -0.122. The third kappa shape index (κ3) is 5.81. The Kier molecular flexibility index (Phi) is 7.89. The summed E-state index contributed by atoms with van der Waals surface area (Å²) in [5.74, 6) is -0.396. The topological polar surface area (TPSA) is 117 Å². The summed E-state index contributed by atoms with van der Waals surface area (Å²) in [5, 5.41) is 15.3. The maximum atomic E-state index is 14.3. The lowest BCUT2D eigenvalue weighted by Gasteiger charge is -2.19. The summed E-state index contributed by atoms with van der Waals surface area (Å²) in [4.78, 5) is 35.8. The fraction of sp³-hybridized carbons (Fsp3) is 0.308. The maximum Gasteiger partial charge on any atom is 0.254 e. The molecule has 0 spiro atoms. The molecule has 0 aliphatic carbocycles. The zero-order chi connectivity index (χ0) is 26.7. The van der Waals surface area contributed by atoms with Gasteiger partial charge >= 0.3 is 0 Å². The van der Waals surface area contributed by atoms with Crippen molar-refractivity contribution in [2.24, 2.45) is 0 Å². The van der Waals surface area contributed by atoms with Gasteiger partial charge in [0.25, 0.3) is 5.91 Å². The first-order valence-corrected chi connectivity index (χ1v) is 12.0. The Morgan fingerprint density at radius 3 is 2.78 bits per heavy atom. The van der Waals surface area contributed by atoms with Crippen LogP contribution < -0.4 is 15.4 Å². The number of fused-ring (bicyclic) bond motifs is 1. The van der Waals surface area contributed by atoms with Crippen LogP contribution >= 0.6 is 11.6 Å². The predicted octanol–water partition coefficient (Wildman–Crippen LogP) is 3.57. The van der Waals surface area contributed by atoms with E-state index in [2.05, 4.69) is 20.6 Å². The van der Waals surface area contributed by atoms with Crippen LogP contribution in [0.5, 0.6) is 5.75 Å². The average Bonchev–Trinajstić information content (AvgIpc) is 3.19. The predicted molar refractivity (Wildman–Crippen MR) is 137 cm³/mol. The molecule has 4 rings (SSSR count). The molecule has 2 heterocycles. The Morgan fingerprint density at radius 1 is 1.27 bits per heavy atom. The van der Waals surface area contributed by atoms with Crippen LogP contribution in [0.2, 0.25) is 5.02 Å². The minimum atomic E-state index is -0.620. The molecule has 9 nitrogen and oxygen atoms in total. The fourth-order valence-corrected chi connectivity index (χ4v) is 4.26. The molecule has 0 saturated carbocycles. The number of anilines is 1. The number of halogens is 2. The van der Waals surface area contributed by atoms with Crippen LogP contribution in [0.1, 0.15) is 41.4 Å². The minimum Gasteiger partial charge on any atom is -0.497 e. The molecular weight excluding hydrogens is 501 g/mol. The van der Waals surface area contributed by atoms with E-state index in [0.717, 1.165) is 5.56 Å². The standard InChI is InChI=1S/C26H27ClFN5O4/c1-14(13-34)30-26-29-10-21(27)24(32-26)16-4-5-17-11-33(25(36)20(17)8-16)12-23(35)31-15(2)19-9-18(37-3)6-7-22(19)28/h4-10,14-15,34H,11-13H2,1-3H3,(H,31,35)(H,29,30,32)/t14-,15+/m0/s1. The molecule has 194 valence electrons. The van der Waals surface area contributed by atoms with E-state index in [1.807, 2.05) is 0 Å². The van der Waals surface area contributed by atoms with Gasteiger partial charge in [-0.05, 0) is 43.7 Å². The molecule has 3 aromatic rings. The van der Waals surface area contributed by atoms with Crippen molar-refractivity contribution in [1.82, 2.24) is 20.2 Å². The van der Waals surface area contributed by atoms with Gasteiger partial charge in [-0.3, -0.25) is 9.59 Å². The molecule has 1 aliphatic heterocycles. The Morgan fingerprint density at radius 2 is 2.05 bits per heavy atom. The van der Waals surface area contributed by atoms with Crippen molar-refractivity contribution in [3.63, 3.8) is 0 Å². The van der Waals surface area contributed by atoms with Gasteiger partial charge in [0.1, 0.15) is 18.1 Å². The molecule has 2 aromatic carbocycles. The van der Waals surface area contributed by atoms with Gasteiger partial charge in [-0.1, -0.05) is 23.7 Å². The maximum absolute atomic E-state index is 14.3. The molecule has 2 amide bonds. The van der Waals surface area contributed by atoms with Crippen LogP contribution in [-0.2, 0) is 11.3 Å². The number of nitrogens with zero attached hydrogens (tertiary/aromatic N) is 3. The molecule has 0 fully saturated rings. The van der Waals surface area contributed by atoms with Gasteiger partial charge in [0.05, 0.1) is 36.7 Å². The molecule has 3 N–H and O–H groups in total. The zero-order valence-electron chi connectivity index (χ0n) is 20.6. The normalized spacial score (nSPS) is 14.2. The summed E-state index contributed by atoms with van der Waals surface area (Å²) < 4.78 is 19.4. The van der Waals surface area contributed by atoms with E-state index < -0.39 is 17.8 Å². The number of aromatic nitrogens is 2. The van der Waals surface area contributed by atoms with Crippen molar-refractivity contribution in [2.45, 2.75) is 32.5 Å². The van der Waals surface area contributed by atoms with Gasteiger partial charge in [-0.15, -0.1) is 0 Å². The van der Waals surface area contributed by atoms with E-state index >= 15 is 0 Å². The van der Waals surface area contributed by atoms with Crippen molar-refractivity contribution in [3.8, 4) is 17.0 Å². The molecular formula is C26H27ClFN5O4. The number of nitrogens with one attached hydrogen (secondary N) is 2. The van der Waals surface area contributed by atoms with Gasteiger partial charge in [0.2, 0.25) is 11.9 Å². The number of rotatable bonds is 9. The first-order valence-electron chi connectivity index (χ1n) is 11.7. The monoisotopic (exact) mass is 527 g/mol. The van der Waals surface area contributed by atoms with E-state index in [9.17, 15) is 19.1 Å². The average molecular weight is 528 g/mol. The van der Waals surface area contributed by atoms with E-state index in [1.54, 1.807) is 32.0 Å². The number of ether oxygens (including phenoxy) is 1. The SMILES string of the molecule is COc1ccc(F)c([C@@H](C)NC(=O)CN2Cc3ccc(-c4nc(N[C@@H](C)CO)ncc4Cl)cc3C2=O)c1. The second-order valence-electron chi connectivity index (χ2n) is 8.83. The molecule has 0 unspecified atom stereocenters. The third-order valence-electron chi connectivity index (χ3n) is 6.04. The summed E-state index contributed by atoms with van der Waals surface area (Å²) in [6, 6.07) is 8.74. The summed E-state index contributed by atoms with van der Waals surface area (Å²) in [6.07, 6.45) is 1.45. The quantitative estimate of drug-likeness (QED) is 0.389. The number of amides is 2. The molecule has 1 aromatic heterocycles. The van der Waals surface area contributed by atoms with Crippen LogP contribution in [0.25, 0.3) is 11.3 Å². The summed E-state index contributed by atoms with van der Waals surface area (Å²) in [7, 11) is 1.48. The number of methoxy groups -OCH3 is 1. The highest BCUT2D eigenvalue weighted by molar-refractivity contribution is 6.33. The van der Waals surface area contributed by atoms with Crippen molar-refractivity contribution < 1.29 is 23.8 Å². The number of aliphatic hydroxyl groups excluding tert-OH is 1. The molecule has 1 aliphatic rings. The fourth-order valence-electron chi connectivity index (χ4n) is 4.06. The Balaban J connectivity index is 1.47. The van der Waals surface area contributed by atoms with Crippen molar-refractivity contribution in [1.29, 1.82) is 0 Å². The van der Waals surface area contributed by atoms with Crippen molar-refractivity contribution >= 4 is 29.4 Å². The van der Waals surface area contributed by atoms with E-state index in [4.69, 9.17) is 16.3 Å². The van der Waals surface area contributed by atoms with Gasteiger partial charge in [0.15, 0.2) is 0 Å². The number of benzene rings is 2. The second kappa shape index (κ2) is 11.1. The van der Waals surface area contributed by atoms with Crippen molar-refractivity contribution in [3.05, 3.63) is 70.1 Å².